The van der Waals surface area contributed by atoms with Gasteiger partial charge in [-0.25, -0.2) is 10.0 Å². The summed E-state index contributed by atoms with van der Waals surface area (Å²) in [6.07, 6.45) is 2.49. The molecule has 0 saturated carbocycles. The van der Waals surface area contributed by atoms with Crippen LogP contribution in [0.5, 0.6) is 0 Å². The minimum Gasteiger partial charge on any atom is -0.302 e. The van der Waals surface area contributed by atoms with Gasteiger partial charge in [-0.05, 0) is 12.8 Å². The lowest BCUT2D eigenvalue weighted by Crippen LogP contribution is -2.42. The fraction of sp³-hybridized carbons (Fsp3) is 1.00. The van der Waals surface area contributed by atoms with Gasteiger partial charge in [-0.2, -0.15) is 0 Å². The van der Waals surface area contributed by atoms with Gasteiger partial charge in [-0.1, -0.05) is 13.8 Å². The molecule has 3 heteroatoms. The monoisotopic (exact) mass is 171 g/mol. The van der Waals surface area contributed by atoms with E-state index in [9.17, 15) is 0 Å². The summed E-state index contributed by atoms with van der Waals surface area (Å²) in [4.78, 5) is 0. The molecule has 0 aromatic heterocycles. The van der Waals surface area contributed by atoms with Gasteiger partial charge in [-0.3, -0.25) is 0 Å². The Hall–Kier alpha value is -0.120. The van der Waals surface area contributed by atoms with Crippen LogP contribution in [-0.4, -0.2) is 42.9 Å². The Labute approximate surface area is 75.7 Å². The van der Waals surface area contributed by atoms with E-state index < -0.39 is 0 Å². The molecule has 0 amide bonds. The van der Waals surface area contributed by atoms with Gasteiger partial charge in [0.05, 0.1) is 6.67 Å². The number of hydrogen-bond acceptors (Lipinski definition) is 3. The van der Waals surface area contributed by atoms with Crippen LogP contribution in [0, 0.1) is 0 Å². The molecule has 0 spiro atoms. The molecule has 0 radical (unpaired) electrons. The molecule has 3 nitrogen and oxygen atoms in total. The van der Waals surface area contributed by atoms with E-state index in [4.69, 9.17) is 0 Å². The van der Waals surface area contributed by atoms with Crippen LogP contribution in [0.1, 0.15) is 26.7 Å². The average Bonchev–Trinajstić information content (AvgIpc) is 2.56. The van der Waals surface area contributed by atoms with Gasteiger partial charge < -0.3 is 5.32 Å². The molecular weight excluding hydrogens is 150 g/mol. The molecule has 1 aliphatic heterocycles. The fourth-order valence-electron chi connectivity index (χ4n) is 1.65. The summed E-state index contributed by atoms with van der Waals surface area (Å²) in [6.45, 7) is 10.3. The third-order valence-corrected chi connectivity index (χ3v) is 2.20. The molecule has 0 bridgehead atoms. The number of hydrogen-bond donors (Lipinski definition) is 1. The molecule has 1 fully saturated rings. The lowest BCUT2D eigenvalue weighted by Gasteiger charge is -2.30. The molecule has 0 unspecified atom stereocenters. The molecular formula is C9H21N3. The van der Waals surface area contributed by atoms with Crippen molar-refractivity contribution in [1.82, 2.24) is 15.3 Å². The average molecular weight is 171 g/mol. The summed E-state index contributed by atoms with van der Waals surface area (Å²) in [7, 11) is 0. The van der Waals surface area contributed by atoms with E-state index in [-0.39, 0.29) is 0 Å². The van der Waals surface area contributed by atoms with Crippen LogP contribution in [-0.2, 0) is 0 Å². The summed E-state index contributed by atoms with van der Waals surface area (Å²) >= 11 is 0. The largest absolute Gasteiger partial charge is 0.302 e. The van der Waals surface area contributed by atoms with Crippen LogP contribution in [0.2, 0.25) is 0 Å². The molecule has 1 aliphatic rings. The van der Waals surface area contributed by atoms with Crippen LogP contribution in [0.4, 0.5) is 0 Å². The molecule has 12 heavy (non-hydrogen) atoms. The predicted molar refractivity (Wildman–Crippen MR) is 51.7 cm³/mol. The first kappa shape index (κ1) is 9.96. The molecule has 0 aromatic carbocycles. The third-order valence-electron chi connectivity index (χ3n) is 2.20. The van der Waals surface area contributed by atoms with Gasteiger partial charge >= 0.3 is 0 Å². The number of rotatable bonds is 5. The summed E-state index contributed by atoms with van der Waals surface area (Å²) in [5.74, 6) is 0. The lowest BCUT2D eigenvalue weighted by molar-refractivity contribution is -0.00413. The molecule has 1 saturated heterocycles. The highest BCUT2D eigenvalue weighted by Gasteiger charge is 2.16. The van der Waals surface area contributed by atoms with Gasteiger partial charge in [0.15, 0.2) is 0 Å². The maximum atomic E-state index is 3.35. The van der Waals surface area contributed by atoms with Gasteiger partial charge in [0.2, 0.25) is 0 Å². The van der Waals surface area contributed by atoms with Crippen molar-refractivity contribution in [3.63, 3.8) is 0 Å². The Bertz CT molecular complexity index is 104. The van der Waals surface area contributed by atoms with Gasteiger partial charge in [-0.15, -0.1) is 0 Å². The van der Waals surface area contributed by atoms with Crippen molar-refractivity contribution in [2.45, 2.75) is 26.7 Å². The van der Waals surface area contributed by atoms with Crippen LogP contribution >= 0.6 is 0 Å². The van der Waals surface area contributed by atoms with Crippen molar-refractivity contribution in [2.75, 3.05) is 32.8 Å². The van der Waals surface area contributed by atoms with Gasteiger partial charge in [0.1, 0.15) is 0 Å². The van der Waals surface area contributed by atoms with Crippen molar-refractivity contribution in [3.8, 4) is 0 Å². The van der Waals surface area contributed by atoms with Crippen LogP contribution in [0.25, 0.3) is 0 Å². The molecule has 1 rings (SSSR count). The fourth-order valence-corrected chi connectivity index (χ4v) is 1.65. The highest BCUT2D eigenvalue weighted by molar-refractivity contribution is 4.64. The smallest absolute Gasteiger partial charge is 0.0624 e. The Kier molecular flexibility index (Phi) is 4.58. The maximum absolute atomic E-state index is 3.35. The van der Waals surface area contributed by atoms with Crippen molar-refractivity contribution in [2.24, 2.45) is 0 Å². The second-order valence-corrected chi connectivity index (χ2v) is 3.34. The normalized spacial score (nSPS) is 19.2. The van der Waals surface area contributed by atoms with Gasteiger partial charge in [0, 0.05) is 26.2 Å². The van der Waals surface area contributed by atoms with E-state index in [2.05, 4.69) is 29.2 Å². The zero-order valence-corrected chi connectivity index (χ0v) is 8.34. The van der Waals surface area contributed by atoms with Crippen molar-refractivity contribution in [1.29, 1.82) is 0 Å². The zero-order chi connectivity index (χ0) is 8.81. The third kappa shape index (κ3) is 2.73. The Morgan fingerprint density at radius 2 is 1.92 bits per heavy atom. The summed E-state index contributed by atoms with van der Waals surface area (Å²) in [5.41, 5.74) is 0. The first-order chi connectivity index (χ1) is 5.88. The highest BCUT2D eigenvalue weighted by atomic mass is 15.7. The van der Waals surface area contributed by atoms with Crippen LogP contribution < -0.4 is 5.32 Å². The first-order valence-electron chi connectivity index (χ1n) is 5.09. The predicted octanol–water partition coefficient (Wildman–Crippen LogP) is 0.886. The Morgan fingerprint density at radius 3 is 2.33 bits per heavy atom. The van der Waals surface area contributed by atoms with Crippen molar-refractivity contribution < 1.29 is 0 Å². The quantitative estimate of drug-likeness (QED) is 0.662. The Balaban J connectivity index is 2.29. The summed E-state index contributed by atoms with van der Waals surface area (Å²) < 4.78 is 0. The second kappa shape index (κ2) is 5.51. The minimum absolute atomic E-state index is 1.04. The highest BCUT2D eigenvalue weighted by Crippen LogP contribution is 2.02. The molecule has 0 aromatic rings. The number of nitrogens with one attached hydrogen (secondary N) is 1. The van der Waals surface area contributed by atoms with Crippen LogP contribution in [0.15, 0.2) is 0 Å². The Morgan fingerprint density at radius 1 is 1.25 bits per heavy atom. The standard InChI is InChI=1S/C9H21N3/c1-3-6-11(7-4-2)12-8-5-10-9-12/h10H,3-9H2,1-2H3. The topological polar surface area (TPSA) is 18.5 Å². The van der Waals surface area contributed by atoms with E-state index in [1.165, 1.54) is 32.5 Å². The van der Waals surface area contributed by atoms with E-state index in [1.807, 2.05) is 0 Å². The van der Waals surface area contributed by atoms with E-state index >= 15 is 0 Å². The van der Waals surface area contributed by atoms with Crippen molar-refractivity contribution in [3.05, 3.63) is 0 Å². The second-order valence-electron chi connectivity index (χ2n) is 3.34. The first-order valence-corrected chi connectivity index (χ1v) is 5.09. The molecule has 1 heterocycles. The summed E-state index contributed by atoms with van der Waals surface area (Å²) in [5, 5.41) is 8.25. The molecule has 0 atom stereocenters. The maximum Gasteiger partial charge on any atom is 0.0624 e. The van der Waals surface area contributed by atoms with Crippen molar-refractivity contribution >= 4 is 0 Å². The number of nitrogens with zero attached hydrogens (tertiary/aromatic N) is 2. The van der Waals surface area contributed by atoms with Crippen LogP contribution in [0.3, 0.4) is 0 Å². The lowest BCUT2D eigenvalue weighted by atomic mass is 10.4. The molecule has 72 valence electrons. The zero-order valence-electron chi connectivity index (χ0n) is 8.34. The van der Waals surface area contributed by atoms with E-state index in [1.54, 1.807) is 0 Å². The minimum atomic E-state index is 1.04. The van der Waals surface area contributed by atoms with Gasteiger partial charge in [0.25, 0.3) is 0 Å². The molecule has 0 aliphatic carbocycles. The SMILES string of the molecule is CCCN(CCC)N1CCNC1. The van der Waals surface area contributed by atoms with E-state index in [0.717, 1.165) is 13.2 Å². The van der Waals surface area contributed by atoms with E-state index in [0.29, 0.717) is 0 Å². The summed E-state index contributed by atoms with van der Waals surface area (Å²) in [6, 6.07) is 0. The number of hydrazine groups is 1. The molecule has 1 N–H and O–H groups in total.